The maximum atomic E-state index is 6.86. The second-order valence-electron chi connectivity index (χ2n) is 7.63. The van der Waals surface area contributed by atoms with E-state index in [1.807, 2.05) is 0 Å². The number of alkyl halides is 2. The molecular weight excluding hydrogens is 355 g/mol. The lowest BCUT2D eigenvalue weighted by Crippen LogP contribution is -2.84. The van der Waals surface area contributed by atoms with Crippen LogP contribution in [0.15, 0.2) is 10.4 Å². The largest absolute Gasteiger partial charge is 0.325 e. The summed E-state index contributed by atoms with van der Waals surface area (Å²) in [5.41, 5.74) is 26.8. The highest BCUT2D eigenvalue weighted by Crippen LogP contribution is 2.47. The van der Waals surface area contributed by atoms with Gasteiger partial charge in [0.05, 0.1) is 22.8 Å². The van der Waals surface area contributed by atoms with Crippen molar-refractivity contribution in [2.75, 3.05) is 0 Å². The zero-order valence-corrected chi connectivity index (χ0v) is 14.1. The number of halogens is 2. The number of nitrogens with one attached hydrogen (secondary N) is 6. The lowest BCUT2D eigenvalue weighted by atomic mass is 9.61. The first-order valence-electron chi connectivity index (χ1n) is 8.44. The molecule has 132 valence electrons. The SMILES string of the molecule is NC1C(Cl)C2NNC3C4NNC(C(Cl)C3N3N=N3)C4C2C2NNC12. The van der Waals surface area contributed by atoms with Crippen LogP contribution in [0.5, 0.6) is 0 Å². The van der Waals surface area contributed by atoms with Crippen molar-refractivity contribution in [2.24, 2.45) is 28.0 Å². The Morgan fingerprint density at radius 3 is 1.79 bits per heavy atom. The topological polar surface area (TPSA) is 126 Å². The van der Waals surface area contributed by atoms with Gasteiger partial charge in [0.25, 0.3) is 0 Å². The summed E-state index contributed by atoms with van der Waals surface area (Å²) < 4.78 is 0. The van der Waals surface area contributed by atoms with E-state index in [0.717, 1.165) is 0 Å². The molecule has 8 N–H and O–H groups in total. The Labute approximate surface area is 148 Å². The highest BCUT2D eigenvalue weighted by atomic mass is 35.5. The molecule has 0 spiro atoms. The minimum atomic E-state index is -0.167. The van der Waals surface area contributed by atoms with Crippen LogP contribution in [0.2, 0.25) is 0 Å². The van der Waals surface area contributed by atoms with Gasteiger partial charge in [-0.05, 0) is 10.4 Å². The van der Waals surface area contributed by atoms with Crippen LogP contribution in [0.25, 0.3) is 0 Å². The number of hydrogen-bond acceptors (Lipinski definition) is 10. The third-order valence-electron chi connectivity index (χ3n) is 6.75. The fourth-order valence-electron chi connectivity index (χ4n) is 5.59. The minimum absolute atomic E-state index is 0.00112. The number of hydrogen-bond donors (Lipinski definition) is 7. The fraction of sp³-hybridized carbons (Fsp3) is 1.00. The van der Waals surface area contributed by atoms with Crippen molar-refractivity contribution < 1.29 is 0 Å². The van der Waals surface area contributed by atoms with Gasteiger partial charge in [0.1, 0.15) is 6.04 Å². The molecule has 5 fully saturated rings. The second kappa shape index (κ2) is 4.90. The van der Waals surface area contributed by atoms with E-state index in [-0.39, 0.29) is 59.1 Å². The van der Waals surface area contributed by atoms with E-state index in [4.69, 9.17) is 28.9 Å². The predicted molar refractivity (Wildman–Crippen MR) is 86.3 cm³/mol. The van der Waals surface area contributed by atoms with Crippen LogP contribution in [-0.2, 0) is 0 Å². The van der Waals surface area contributed by atoms with E-state index in [1.165, 1.54) is 0 Å². The molecule has 2 aliphatic carbocycles. The van der Waals surface area contributed by atoms with Crippen molar-refractivity contribution in [2.45, 2.75) is 59.1 Å². The number of nitrogens with zero attached hydrogens (tertiary/aromatic N) is 3. The summed E-state index contributed by atoms with van der Waals surface area (Å²) in [6.07, 6.45) is 0. The number of hydrazine groups is 3. The Balaban J connectivity index is 1.41. The zero-order chi connectivity index (χ0) is 16.2. The van der Waals surface area contributed by atoms with Crippen molar-refractivity contribution in [1.82, 2.24) is 37.7 Å². The molecule has 0 aromatic heterocycles. The van der Waals surface area contributed by atoms with Crippen LogP contribution in [0.3, 0.4) is 0 Å². The average Bonchev–Trinajstić information content (AvgIpc) is 3.30. The summed E-state index contributed by atoms with van der Waals surface area (Å²) in [6.45, 7) is 0. The Bertz CT molecular complexity index is 586. The van der Waals surface area contributed by atoms with Crippen molar-refractivity contribution in [3.8, 4) is 0 Å². The monoisotopic (exact) mass is 374 g/mol. The molecule has 12 unspecified atom stereocenters. The minimum Gasteiger partial charge on any atom is -0.325 e. The van der Waals surface area contributed by atoms with Crippen LogP contribution in [0, 0.1) is 11.8 Å². The van der Waals surface area contributed by atoms with Gasteiger partial charge in [-0.1, -0.05) is 0 Å². The molecule has 6 aliphatic rings. The predicted octanol–water partition coefficient (Wildman–Crippen LogP) is -2.71. The number of fused-ring (bicyclic) bond motifs is 3. The summed E-state index contributed by atoms with van der Waals surface area (Å²) >= 11 is 13.6. The second-order valence-corrected chi connectivity index (χ2v) is 8.64. The molecule has 0 aromatic carbocycles. The summed E-state index contributed by atoms with van der Waals surface area (Å²) in [7, 11) is 0. The Hall–Kier alpha value is -0.300. The van der Waals surface area contributed by atoms with Gasteiger partial charge in [0.2, 0.25) is 0 Å². The lowest BCUT2D eigenvalue weighted by molar-refractivity contribution is 0.0112. The average molecular weight is 375 g/mol. The van der Waals surface area contributed by atoms with Gasteiger partial charge in [-0.15, -0.1) is 28.3 Å². The first-order valence-corrected chi connectivity index (χ1v) is 9.32. The molecule has 4 bridgehead atoms. The molecule has 12 atom stereocenters. The Morgan fingerprint density at radius 1 is 0.667 bits per heavy atom. The van der Waals surface area contributed by atoms with Crippen LogP contribution in [0.4, 0.5) is 0 Å². The molecule has 10 nitrogen and oxygen atoms in total. The molecule has 0 aromatic rings. The summed E-state index contributed by atoms with van der Waals surface area (Å²) in [4.78, 5) is 0. The molecular formula is C12H20Cl2N10. The van der Waals surface area contributed by atoms with Crippen molar-refractivity contribution in [3.63, 3.8) is 0 Å². The van der Waals surface area contributed by atoms with E-state index in [2.05, 4.69) is 43.0 Å². The smallest absolute Gasteiger partial charge is 0.111 e. The summed E-state index contributed by atoms with van der Waals surface area (Å²) in [5, 5.41) is 9.41. The van der Waals surface area contributed by atoms with Crippen LogP contribution < -0.4 is 38.3 Å². The standard InChI is InChI=1S/C12H20Cl2N10/c13-3-5(15)10-8(18-20-10)1-2-7-4(14)12(24-22-23-24)11(9(2)19-17-7)21-16-6(1)3/h1-12,16-21H,15H2. The van der Waals surface area contributed by atoms with Crippen molar-refractivity contribution in [1.29, 1.82) is 0 Å². The van der Waals surface area contributed by atoms with Gasteiger partial charge in [-0.3, -0.25) is 32.6 Å². The van der Waals surface area contributed by atoms with Crippen molar-refractivity contribution in [3.05, 3.63) is 0 Å². The summed E-state index contributed by atoms with van der Waals surface area (Å²) in [5.74, 6) is 0.635. The van der Waals surface area contributed by atoms with Crippen molar-refractivity contribution >= 4 is 23.2 Å². The van der Waals surface area contributed by atoms with Gasteiger partial charge >= 0.3 is 0 Å². The Morgan fingerprint density at radius 2 is 1.17 bits per heavy atom. The molecule has 3 saturated heterocycles. The zero-order valence-electron chi connectivity index (χ0n) is 12.6. The summed E-state index contributed by atoms with van der Waals surface area (Å²) in [6, 6.07) is 0.824. The molecule has 2 saturated carbocycles. The lowest BCUT2D eigenvalue weighted by Gasteiger charge is -2.57. The highest BCUT2D eigenvalue weighted by molar-refractivity contribution is 6.22. The first-order chi connectivity index (χ1) is 11.7. The Kier molecular flexibility index (Phi) is 3.03. The first kappa shape index (κ1) is 14.8. The maximum Gasteiger partial charge on any atom is 0.111 e. The van der Waals surface area contributed by atoms with Crippen LogP contribution in [0.1, 0.15) is 0 Å². The van der Waals surface area contributed by atoms with E-state index in [0.29, 0.717) is 11.8 Å². The van der Waals surface area contributed by atoms with Gasteiger partial charge in [0, 0.05) is 42.0 Å². The maximum absolute atomic E-state index is 6.86. The highest BCUT2D eigenvalue weighted by Gasteiger charge is 2.66. The third kappa shape index (κ3) is 1.71. The molecule has 0 amide bonds. The van der Waals surface area contributed by atoms with Gasteiger partial charge in [-0.25, -0.2) is 0 Å². The molecule has 4 heterocycles. The number of nitrogens with two attached hydrogens (primary N) is 1. The quantitative estimate of drug-likeness (QED) is 0.247. The molecule has 12 heteroatoms. The van der Waals surface area contributed by atoms with Gasteiger partial charge < -0.3 is 5.73 Å². The fourth-order valence-corrected chi connectivity index (χ4v) is 6.46. The van der Waals surface area contributed by atoms with Crippen LogP contribution >= 0.6 is 23.2 Å². The molecule has 24 heavy (non-hydrogen) atoms. The van der Waals surface area contributed by atoms with E-state index in [9.17, 15) is 0 Å². The van der Waals surface area contributed by atoms with E-state index >= 15 is 0 Å². The van der Waals surface area contributed by atoms with Gasteiger partial charge in [-0.2, -0.15) is 0 Å². The molecule has 0 radical (unpaired) electrons. The molecule has 6 rings (SSSR count). The van der Waals surface area contributed by atoms with Crippen LogP contribution in [-0.4, -0.2) is 64.2 Å². The van der Waals surface area contributed by atoms with Gasteiger partial charge in [0.15, 0.2) is 0 Å². The van der Waals surface area contributed by atoms with E-state index < -0.39 is 0 Å². The molecule has 4 aliphatic heterocycles. The third-order valence-corrected chi connectivity index (χ3v) is 7.84. The normalized spacial score (nSPS) is 63.2. The van der Waals surface area contributed by atoms with E-state index in [1.54, 1.807) is 5.12 Å². The number of rotatable bonds is 1.